The van der Waals surface area contributed by atoms with Crippen LogP contribution < -0.4 is 16.2 Å². The Bertz CT molecular complexity index is 770. The first-order valence-corrected chi connectivity index (χ1v) is 8.25. The third kappa shape index (κ3) is 5.15. The van der Waals surface area contributed by atoms with E-state index in [2.05, 4.69) is 38.8 Å². The Labute approximate surface area is 156 Å². The van der Waals surface area contributed by atoms with Gasteiger partial charge < -0.3 is 0 Å². The van der Waals surface area contributed by atoms with Gasteiger partial charge in [-0.3, -0.25) is 25.8 Å². The van der Waals surface area contributed by atoms with Gasteiger partial charge in [-0.25, -0.2) is 0 Å². The Morgan fingerprint density at radius 1 is 1.00 bits per heavy atom. The summed E-state index contributed by atoms with van der Waals surface area (Å²) in [5.74, 6) is -0.775. The van der Waals surface area contributed by atoms with Crippen LogP contribution in [0.4, 0.5) is 0 Å². The first-order valence-electron chi connectivity index (χ1n) is 6.39. The molecule has 2 aromatic carbocycles. The van der Waals surface area contributed by atoms with E-state index < -0.39 is 5.91 Å². The molecule has 0 atom stereocenters. The van der Waals surface area contributed by atoms with E-state index in [1.54, 1.807) is 30.3 Å². The Morgan fingerprint density at radius 2 is 1.74 bits per heavy atom. The summed E-state index contributed by atoms with van der Waals surface area (Å²) in [4.78, 5) is 24.0. The molecule has 0 saturated heterocycles. The van der Waals surface area contributed by atoms with Crippen LogP contribution in [0.5, 0.6) is 0 Å². The van der Waals surface area contributed by atoms with Gasteiger partial charge in [0, 0.05) is 14.2 Å². The van der Waals surface area contributed by atoms with Crippen LogP contribution in [0.25, 0.3) is 0 Å². The van der Waals surface area contributed by atoms with Gasteiger partial charge in [-0.1, -0.05) is 29.8 Å². The number of amides is 2. The second kappa shape index (κ2) is 8.23. The van der Waals surface area contributed by atoms with Gasteiger partial charge in [-0.15, -0.1) is 0 Å². The van der Waals surface area contributed by atoms with Crippen LogP contribution in [0.1, 0.15) is 20.7 Å². The number of halogens is 2. The summed E-state index contributed by atoms with van der Waals surface area (Å²) < 4.78 is 0.799. The summed E-state index contributed by atoms with van der Waals surface area (Å²) in [6.45, 7) is 0. The van der Waals surface area contributed by atoms with Gasteiger partial charge in [-0.05, 0) is 65.1 Å². The molecule has 2 aromatic rings. The Hall–Kier alpha value is -1.71. The van der Waals surface area contributed by atoms with Crippen LogP contribution in [0.15, 0.2) is 48.5 Å². The number of hydrogen-bond donors (Lipinski definition) is 3. The highest BCUT2D eigenvalue weighted by atomic mass is 127. The Balaban J connectivity index is 1.89. The molecule has 5 nitrogen and oxygen atoms in total. The zero-order valence-corrected chi connectivity index (χ0v) is 15.3. The number of carbonyl (C=O) groups excluding carboxylic acids is 2. The van der Waals surface area contributed by atoms with Crippen molar-refractivity contribution in [3.05, 3.63) is 68.3 Å². The first-order chi connectivity index (χ1) is 11.0. The lowest BCUT2D eigenvalue weighted by Gasteiger charge is -2.11. The Kier molecular flexibility index (Phi) is 6.31. The van der Waals surface area contributed by atoms with E-state index in [1.807, 2.05) is 12.1 Å². The van der Waals surface area contributed by atoms with Crippen LogP contribution in [0.2, 0.25) is 5.02 Å². The second-order valence-electron chi connectivity index (χ2n) is 4.35. The normalized spacial score (nSPS) is 9.83. The molecule has 2 rings (SSSR count). The van der Waals surface area contributed by atoms with E-state index in [9.17, 15) is 9.59 Å². The fourth-order valence-corrected chi connectivity index (χ4v) is 2.63. The molecule has 0 spiro atoms. The van der Waals surface area contributed by atoms with E-state index in [1.165, 1.54) is 6.07 Å². The molecular formula is C15H11ClIN3O2S. The molecule has 2 amide bonds. The highest BCUT2D eigenvalue weighted by Gasteiger charge is 2.11. The first kappa shape index (κ1) is 17.6. The molecule has 23 heavy (non-hydrogen) atoms. The van der Waals surface area contributed by atoms with Gasteiger partial charge in [0.2, 0.25) is 0 Å². The van der Waals surface area contributed by atoms with Crippen LogP contribution in [-0.4, -0.2) is 16.9 Å². The summed E-state index contributed by atoms with van der Waals surface area (Å²) in [5, 5.41) is 2.93. The number of hydrogen-bond acceptors (Lipinski definition) is 3. The Morgan fingerprint density at radius 3 is 2.43 bits per heavy atom. The molecule has 3 N–H and O–H groups in total. The van der Waals surface area contributed by atoms with E-state index in [0.29, 0.717) is 16.1 Å². The minimum atomic E-state index is -0.418. The zero-order chi connectivity index (χ0) is 16.8. The summed E-state index contributed by atoms with van der Waals surface area (Å²) in [5.41, 5.74) is 5.74. The van der Waals surface area contributed by atoms with Crippen molar-refractivity contribution in [3.63, 3.8) is 0 Å². The van der Waals surface area contributed by atoms with E-state index in [4.69, 9.17) is 23.8 Å². The van der Waals surface area contributed by atoms with Gasteiger partial charge in [0.05, 0.1) is 5.56 Å². The highest BCUT2D eigenvalue weighted by molar-refractivity contribution is 14.1. The van der Waals surface area contributed by atoms with Gasteiger partial charge in [-0.2, -0.15) is 0 Å². The third-order valence-corrected chi connectivity index (χ3v) is 4.10. The van der Waals surface area contributed by atoms with Crippen LogP contribution in [-0.2, 0) is 0 Å². The molecule has 0 unspecified atom stereocenters. The molecule has 0 aromatic heterocycles. The van der Waals surface area contributed by atoms with Crippen molar-refractivity contribution in [2.45, 2.75) is 0 Å². The van der Waals surface area contributed by atoms with Crippen molar-refractivity contribution in [1.82, 2.24) is 16.2 Å². The average Bonchev–Trinajstić information content (AvgIpc) is 2.53. The standard InChI is InChI=1S/C15H11ClIN3O2S/c16-10-5-3-4-9(8-10)13(21)19-20-15(23)18-14(22)11-6-1-2-7-12(11)17/h1-8H,(H,19,21)(H2,18,20,22,23). The minimum absolute atomic E-state index is 0.00923. The molecule has 0 radical (unpaired) electrons. The number of carbonyl (C=O) groups is 2. The van der Waals surface area contributed by atoms with Crippen molar-refractivity contribution < 1.29 is 9.59 Å². The van der Waals surface area contributed by atoms with Crippen molar-refractivity contribution in [2.24, 2.45) is 0 Å². The topological polar surface area (TPSA) is 70.2 Å². The summed E-state index contributed by atoms with van der Waals surface area (Å²) in [7, 11) is 0. The lowest BCUT2D eigenvalue weighted by molar-refractivity contribution is 0.0934. The highest BCUT2D eigenvalue weighted by Crippen LogP contribution is 2.11. The SMILES string of the molecule is O=C(NNC(=S)NC(=O)c1ccccc1I)c1cccc(Cl)c1. The van der Waals surface area contributed by atoms with Crippen LogP contribution >= 0.6 is 46.4 Å². The monoisotopic (exact) mass is 459 g/mol. The van der Waals surface area contributed by atoms with E-state index in [-0.39, 0.29) is 11.0 Å². The molecule has 0 bridgehead atoms. The van der Waals surface area contributed by atoms with Crippen molar-refractivity contribution in [3.8, 4) is 0 Å². The van der Waals surface area contributed by atoms with Crippen LogP contribution in [0, 0.1) is 3.57 Å². The molecule has 0 saturated carbocycles. The molecule has 8 heteroatoms. The van der Waals surface area contributed by atoms with Gasteiger partial charge in [0.15, 0.2) is 5.11 Å². The number of benzene rings is 2. The average molecular weight is 460 g/mol. The number of nitrogens with one attached hydrogen (secondary N) is 3. The quantitative estimate of drug-likeness (QED) is 0.367. The summed E-state index contributed by atoms with van der Waals surface area (Å²) >= 11 is 12.9. The number of thiocarbonyl (C=S) groups is 1. The van der Waals surface area contributed by atoms with Gasteiger partial charge in [0.1, 0.15) is 0 Å². The fraction of sp³-hybridized carbons (Fsp3) is 0. The second-order valence-corrected chi connectivity index (χ2v) is 6.36. The van der Waals surface area contributed by atoms with Crippen molar-refractivity contribution >= 4 is 63.3 Å². The molecule has 0 aliphatic rings. The molecule has 0 heterocycles. The lowest BCUT2D eigenvalue weighted by Crippen LogP contribution is -2.48. The maximum Gasteiger partial charge on any atom is 0.269 e. The summed E-state index contributed by atoms with van der Waals surface area (Å²) in [6, 6.07) is 13.5. The minimum Gasteiger partial charge on any atom is -0.298 e. The third-order valence-electron chi connectivity index (χ3n) is 2.72. The molecule has 0 fully saturated rings. The zero-order valence-electron chi connectivity index (χ0n) is 11.6. The fourth-order valence-electron chi connectivity index (χ4n) is 1.66. The maximum absolute atomic E-state index is 12.1. The maximum atomic E-state index is 12.1. The predicted molar refractivity (Wildman–Crippen MR) is 101 cm³/mol. The van der Waals surface area contributed by atoms with Crippen molar-refractivity contribution in [2.75, 3.05) is 0 Å². The molecular weight excluding hydrogens is 449 g/mol. The number of rotatable bonds is 2. The number of hydrazine groups is 1. The van der Waals surface area contributed by atoms with Crippen LogP contribution in [0.3, 0.4) is 0 Å². The largest absolute Gasteiger partial charge is 0.298 e. The smallest absolute Gasteiger partial charge is 0.269 e. The van der Waals surface area contributed by atoms with Gasteiger partial charge in [0.25, 0.3) is 11.8 Å². The van der Waals surface area contributed by atoms with E-state index >= 15 is 0 Å². The molecule has 0 aliphatic carbocycles. The van der Waals surface area contributed by atoms with E-state index in [0.717, 1.165) is 3.57 Å². The lowest BCUT2D eigenvalue weighted by atomic mass is 10.2. The predicted octanol–water partition coefficient (Wildman–Crippen LogP) is 2.89. The van der Waals surface area contributed by atoms with Gasteiger partial charge >= 0.3 is 0 Å². The summed E-state index contributed by atoms with van der Waals surface area (Å²) in [6.07, 6.45) is 0. The van der Waals surface area contributed by atoms with Crippen molar-refractivity contribution in [1.29, 1.82) is 0 Å². The molecule has 118 valence electrons. The molecule has 0 aliphatic heterocycles.